The minimum Gasteiger partial charge on any atom is -0.337 e. The Hall–Kier alpha value is -3.23. The van der Waals surface area contributed by atoms with E-state index in [1.54, 1.807) is 11.3 Å². The summed E-state index contributed by atoms with van der Waals surface area (Å²) >= 11 is 2.90. The summed E-state index contributed by atoms with van der Waals surface area (Å²) < 4.78 is 0. The van der Waals surface area contributed by atoms with Crippen LogP contribution < -0.4 is 10.6 Å². The van der Waals surface area contributed by atoms with Gasteiger partial charge in [-0.1, -0.05) is 72.4 Å². The molecular formula is C23H20N4O2S2. The van der Waals surface area contributed by atoms with Gasteiger partial charge >= 0.3 is 6.03 Å². The van der Waals surface area contributed by atoms with Crippen LogP contribution in [-0.2, 0) is 11.2 Å². The van der Waals surface area contributed by atoms with Gasteiger partial charge in [-0.15, -0.1) is 21.5 Å². The Bertz CT molecular complexity index is 1180. The first-order chi connectivity index (χ1) is 15.2. The largest absolute Gasteiger partial charge is 0.337 e. The van der Waals surface area contributed by atoms with Crippen molar-refractivity contribution in [3.8, 4) is 11.3 Å². The molecule has 4 aromatic rings. The van der Waals surface area contributed by atoms with E-state index in [0.717, 1.165) is 28.5 Å². The van der Waals surface area contributed by atoms with Crippen LogP contribution in [0.1, 0.15) is 4.88 Å². The smallest absolute Gasteiger partial charge is 0.321 e. The quantitative estimate of drug-likeness (QED) is 0.406. The summed E-state index contributed by atoms with van der Waals surface area (Å²) in [6.07, 6.45) is 0.739. The Morgan fingerprint density at radius 1 is 0.903 bits per heavy atom. The number of hydrogen-bond acceptors (Lipinski definition) is 6. The third kappa shape index (κ3) is 5.48. The molecule has 0 fully saturated rings. The van der Waals surface area contributed by atoms with Crippen molar-refractivity contribution in [2.24, 2.45) is 0 Å². The fraction of sp³-hybridized carbons (Fsp3) is 0.130. The maximum atomic E-state index is 12.2. The number of hydrogen-bond donors (Lipinski definition) is 2. The maximum Gasteiger partial charge on any atom is 0.321 e. The molecule has 0 aliphatic rings. The number of aromatic nitrogens is 2. The Kier molecular flexibility index (Phi) is 6.91. The van der Waals surface area contributed by atoms with Gasteiger partial charge in [-0.3, -0.25) is 10.1 Å². The lowest BCUT2D eigenvalue weighted by Crippen LogP contribution is -2.41. The SMILES string of the molecule is O=C(CSc1nnc(-c2ccccc2)c2ccccc12)NC(=O)NCCc1cccs1. The summed E-state index contributed by atoms with van der Waals surface area (Å²) in [5, 5.41) is 18.4. The van der Waals surface area contributed by atoms with Crippen LogP contribution in [0.4, 0.5) is 4.79 Å². The van der Waals surface area contributed by atoms with Gasteiger partial charge in [0, 0.05) is 27.8 Å². The Morgan fingerprint density at radius 3 is 2.45 bits per heavy atom. The molecule has 0 bridgehead atoms. The molecule has 6 nitrogen and oxygen atoms in total. The van der Waals surface area contributed by atoms with E-state index in [0.29, 0.717) is 11.6 Å². The molecule has 156 valence electrons. The highest BCUT2D eigenvalue weighted by Gasteiger charge is 2.14. The van der Waals surface area contributed by atoms with Gasteiger partial charge in [-0.05, 0) is 17.9 Å². The molecule has 0 unspecified atom stereocenters. The normalized spacial score (nSPS) is 10.7. The summed E-state index contributed by atoms with van der Waals surface area (Å²) in [7, 11) is 0. The van der Waals surface area contributed by atoms with Crippen molar-refractivity contribution in [2.45, 2.75) is 11.4 Å². The molecule has 0 saturated heterocycles. The average molecular weight is 449 g/mol. The van der Waals surface area contributed by atoms with E-state index in [2.05, 4.69) is 20.8 Å². The summed E-state index contributed by atoms with van der Waals surface area (Å²) in [4.78, 5) is 25.3. The van der Waals surface area contributed by atoms with Gasteiger partial charge in [-0.2, -0.15) is 0 Å². The number of amides is 3. The van der Waals surface area contributed by atoms with Crippen molar-refractivity contribution < 1.29 is 9.59 Å². The molecular weight excluding hydrogens is 428 g/mol. The summed E-state index contributed by atoms with van der Waals surface area (Å²) in [5.41, 5.74) is 1.79. The Balaban J connectivity index is 1.36. The second-order valence-electron chi connectivity index (χ2n) is 6.69. The molecule has 0 atom stereocenters. The van der Waals surface area contributed by atoms with Crippen molar-refractivity contribution in [3.63, 3.8) is 0 Å². The van der Waals surface area contributed by atoms with Gasteiger partial charge in [0.05, 0.1) is 5.75 Å². The first-order valence-electron chi connectivity index (χ1n) is 9.74. The number of imide groups is 1. The second kappa shape index (κ2) is 10.2. The zero-order valence-corrected chi connectivity index (χ0v) is 18.2. The standard InChI is InChI=1S/C23H20N4O2S2/c28-20(25-23(29)24-13-12-17-9-6-14-30-17)15-31-22-19-11-5-4-10-18(19)21(26-27-22)16-7-2-1-3-8-16/h1-11,14H,12-13,15H2,(H2,24,25,28,29). The molecule has 0 aliphatic carbocycles. The van der Waals surface area contributed by atoms with Crippen LogP contribution in [0.3, 0.4) is 0 Å². The monoisotopic (exact) mass is 448 g/mol. The van der Waals surface area contributed by atoms with Crippen molar-refractivity contribution in [1.82, 2.24) is 20.8 Å². The Labute approximate surface area is 188 Å². The topological polar surface area (TPSA) is 84.0 Å². The lowest BCUT2D eigenvalue weighted by atomic mass is 10.1. The van der Waals surface area contributed by atoms with E-state index in [1.165, 1.54) is 16.6 Å². The minimum absolute atomic E-state index is 0.0711. The summed E-state index contributed by atoms with van der Waals surface area (Å²) in [6.45, 7) is 0.476. The van der Waals surface area contributed by atoms with Crippen LogP contribution in [0.5, 0.6) is 0 Å². The van der Waals surface area contributed by atoms with Crippen molar-refractivity contribution in [2.75, 3.05) is 12.3 Å². The lowest BCUT2D eigenvalue weighted by molar-refractivity contribution is -0.117. The van der Waals surface area contributed by atoms with Crippen LogP contribution in [0.15, 0.2) is 77.1 Å². The van der Waals surface area contributed by atoms with E-state index in [1.807, 2.05) is 72.1 Å². The highest BCUT2D eigenvalue weighted by molar-refractivity contribution is 8.00. The number of carbonyl (C=O) groups excluding carboxylic acids is 2. The van der Waals surface area contributed by atoms with Gasteiger partial charge in [-0.25, -0.2) is 4.79 Å². The van der Waals surface area contributed by atoms with Gasteiger partial charge in [0.25, 0.3) is 0 Å². The molecule has 2 aromatic heterocycles. The number of carbonyl (C=O) groups is 2. The number of rotatable bonds is 7. The molecule has 0 aliphatic heterocycles. The number of benzene rings is 2. The van der Waals surface area contributed by atoms with Crippen molar-refractivity contribution in [1.29, 1.82) is 0 Å². The number of nitrogens with zero attached hydrogens (tertiary/aromatic N) is 2. The number of thiophene rings is 1. The first-order valence-corrected chi connectivity index (χ1v) is 11.6. The van der Waals surface area contributed by atoms with Gasteiger partial charge in [0.15, 0.2) is 0 Å². The van der Waals surface area contributed by atoms with E-state index >= 15 is 0 Å². The van der Waals surface area contributed by atoms with E-state index < -0.39 is 6.03 Å². The highest BCUT2D eigenvalue weighted by atomic mass is 32.2. The first kappa shape index (κ1) is 21.0. The average Bonchev–Trinajstić information content (AvgIpc) is 3.31. The lowest BCUT2D eigenvalue weighted by Gasteiger charge is -2.09. The fourth-order valence-electron chi connectivity index (χ4n) is 3.09. The second-order valence-corrected chi connectivity index (χ2v) is 8.68. The maximum absolute atomic E-state index is 12.2. The molecule has 0 saturated carbocycles. The molecule has 2 heterocycles. The predicted molar refractivity (Wildman–Crippen MR) is 125 cm³/mol. The highest BCUT2D eigenvalue weighted by Crippen LogP contribution is 2.31. The zero-order chi connectivity index (χ0) is 21.5. The molecule has 2 aromatic carbocycles. The number of nitrogens with one attached hydrogen (secondary N) is 2. The van der Waals surface area contributed by atoms with E-state index in [9.17, 15) is 9.59 Å². The molecule has 8 heteroatoms. The van der Waals surface area contributed by atoms with Crippen LogP contribution in [-0.4, -0.2) is 34.4 Å². The third-order valence-corrected chi connectivity index (χ3v) is 6.45. The zero-order valence-electron chi connectivity index (χ0n) is 16.6. The Morgan fingerprint density at radius 2 is 1.68 bits per heavy atom. The summed E-state index contributed by atoms with van der Waals surface area (Å²) in [6, 6.07) is 21.2. The van der Waals surface area contributed by atoms with E-state index in [4.69, 9.17) is 0 Å². The molecule has 31 heavy (non-hydrogen) atoms. The number of thioether (sulfide) groups is 1. The van der Waals surface area contributed by atoms with Crippen LogP contribution in [0, 0.1) is 0 Å². The van der Waals surface area contributed by atoms with Gasteiger partial charge in [0.2, 0.25) is 5.91 Å². The number of urea groups is 1. The van der Waals surface area contributed by atoms with Crippen molar-refractivity contribution >= 4 is 45.8 Å². The van der Waals surface area contributed by atoms with Gasteiger partial charge < -0.3 is 5.32 Å². The van der Waals surface area contributed by atoms with Crippen molar-refractivity contribution in [3.05, 3.63) is 77.0 Å². The van der Waals surface area contributed by atoms with E-state index in [-0.39, 0.29) is 11.7 Å². The van der Waals surface area contributed by atoms with Gasteiger partial charge in [0.1, 0.15) is 10.7 Å². The molecule has 2 N–H and O–H groups in total. The molecule has 3 amide bonds. The molecule has 0 spiro atoms. The van der Waals surface area contributed by atoms with Crippen LogP contribution in [0.2, 0.25) is 0 Å². The minimum atomic E-state index is -0.488. The molecule has 4 rings (SSSR count). The van der Waals surface area contributed by atoms with Crippen LogP contribution in [0.25, 0.3) is 22.0 Å². The predicted octanol–water partition coefficient (Wildman–Crippen LogP) is 4.52. The number of fused-ring (bicyclic) bond motifs is 1. The third-order valence-electron chi connectivity index (χ3n) is 4.53. The summed E-state index contributed by atoms with van der Waals surface area (Å²) in [5.74, 6) is -0.307. The van der Waals surface area contributed by atoms with Crippen LogP contribution >= 0.6 is 23.1 Å². The molecule has 0 radical (unpaired) electrons. The fourth-order valence-corrected chi connectivity index (χ4v) is 4.57.